The molecule has 0 radical (unpaired) electrons. The lowest BCUT2D eigenvalue weighted by molar-refractivity contribution is 0.414. The molecular formula is C14H15ClN6O. The zero-order valence-corrected chi connectivity index (χ0v) is 13.2. The minimum absolute atomic E-state index is 0.0451. The van der Waals surface area contributed by atoms with Gasteiger partial charge in [-0.15, -0.1) is 0 Å². The Balaban J connectivity index is 2.26. The van der Waals surface area contributed by atoms with Crippen molar-refractivity contribution < 1.29 is 4.74 Å². The van der Waals surface area contributed by atoms with Gasteiger partial charge in [0.05, 0.1) is 13.7 Å². The zero-order valence-electron chi connectivity index (χ0n) is 12.5. The van der Waals surface area contributed by atoms with E-state index in [4.69, 9.17) is 16.3 Å². The second-order valence-corrected chi connectivity index (χ2v) is 4.97. The number of aromatic nitrogens is 3. The van der Waals surface area contributed by atoms with E-state index in [1.807, 2.05) is 24.3 Å². The largest absolute Gasteiger partial charge is 0.497 e. The van der Waals surface area contributed by atoms with Gasteiger partial charge < -0.3 is 9.64 Å². The predicted octanol–water partition coefficient (Wildman–Crippen LogP) is 2.09. The molecule has 0 bridgehead atoms. The summed E-state index contributed by atoms with van der Waals surface area (Å²) in [5.41, 5.74) is 0.922. The van der Waals surface area contributed by atoms with E-state index in [1.165, 1.54) is 4.90 Å². The predicted molar refractivity (Wildman–Crippen MR) is 84.0 cm³/mol. The maximum Gasteiger partial charge on any atom is 0.245 e. The summed E-state index contributed by atoms with van der Waals surface area (Å²) in [7, 11) is 5.18. The van der Waals surface area contributed by atoms with Crippen LogP contribution >= 0.6 is 11.6 Å². The van der Waals surface area contributed by atoms with E-state index in [0.29, 0.717) is 12.5 Å². The fourth-order valence-electron chi connectivity index (χ4n) is 1.71. The highest BCUT2D eigenvalue weighted by molar-refractivity contribution is 6.28. The highest BCUT2D eigenvalue weighted by atomic mass is 35.5. The maximum absolute atomic E-state index is 9.36. The van der Waals surface area contributed by atoms with Crippen molar-refractivity contribution in [3.63, 3.8) is 0 Å². The van der Waals surface area contributed by atoms with Crippen LogP contribution in [0.15, 0.2) is 24.3 Å². The normalized spacial score (nSPS) is 9.95. The van der Waals surface area contributed by atoms with Gasteiger partial charge in [0.2, 0.25) is 17.2 Å². The number of ether oxygens (including phenoxy) is 1. The number of halogens is 1. The first-order chi connectivity index (χ1) is 10.5. The van der Waals surface area contributed by atoms with Crippen molar-refractivity contribution in [3.8, 4) is 11.9 Å². The molecule has 0 saturated heterocycles. The second-order valence-electron chi connectivity index (χ2n) is 4.63. The average Bonchev–Trinajstić information content (AvgIpc) is 2.52. The molecule has 7 nitrogen and oxygen atoms in total. The van der Waals surface area contributed by atoms with E-state index >= 15 is 0 Å². The lowest BCUT2D eigenvalue weighted by atomic mass is 10.2. The lowest BCUT2D eigenvalue weighted by Gasteiger charge is -2.16. The first-order valence-electron chi connectivity index (χ1n) is 6.42. The van der Waals surface area contributed by atoms with Crippen molar-refractivity contribution in [2.24, 2.45) is 0 Å². The minimum atomic E-state index is 0.0451. The van der Waals surface area contributed by atoms with Crippen molar-refractivity contribution in [3.05, 3.63) is 35.1 Å². The molecular weight excluding hydrogens is 304 g/mol. The SMILES string of the molecule is COc1ccc(CN(C#N)c2nc(Cl)nc(N(C)C)n2)cc1. The van der Waals surface area contributed by atoms with Gasteiger partial charge >= 0.3 is 0 Å². The van der Waals surface area contributed by atoms with Crippen LogP contribution in [0, 0.1) is 11.5 Å². The van der Waals surface area contributed by atoms with Gasteiger partial charge in [-0.3, -0.25) is 0 Å². The maximum atomic E-state index is 9.36. The Kier molecular flexibility index (Phi) is 4.96. The van der Waals surface area contributed by atoms with E-state index in [2.05, 4.69) is 21.1 Å². The third-order valence-electron chi connectivity index (χ3n) is 2.85. The van der Waals surface area contributed by atoms with Gasteiger partial charge in [-0.2, -0.15) is 20.2 Å². The number of hydrogen-bond acceptors (Lipinski definition) is 7. The quantitative estimate of drug-likeness (QED) is 0.617. The number of benzene rings is 1. The van der Waals surface area contributed by atoms with Gasteiger partial charge in [-0.1, -0.05) is 12.1 Å². The third kappa shape index (κ3) is 3.74. The number of nitrogens with zero attached hydrogens (tertiary/aromatic N) is 6. The third-order valence-corrected chi connectivity index (χ3v) is 3.02. The molecule has 22 heavy (non-hydrogen) atoms. The van der Waals surface area contributed by atoms with Crippen molar-refractivity contribution in [1.29, 1.82) is 5.26 Å². The molecule has 8 heteroatoms. The molecule has 0 aliphatic carbocycles. The van der Waals surface area contributed by atoms with E-state index in [1.54, 1.807) is 26.1 Å². The van der Waals surface area contributed by atoms with Gasteiger partial charge in [0.15, 0.2) is 6.19 Å². The lowest BCUT2D eigenvalue weighted by Crippen LogP contribution is -2.21. The molecule has 0 spiro atoms. The van der Waals surface area contributed by atoms with Crippen LogP contribution in [0.3, 0.4) is 0 Å². The zero-order chi connectivity index (χ0) is 16.1. The molecule has 2 aromatic rings. The first-order valence-corrected chi connectivity index (χ1v) is 6.80. The highest BCUT2D eigenvalue weighted by Crippen LogP contribution is 2.18. The molecule has 114 valence electrons. The molecule has 1 heterocycles. The van der Waals surface area contributed by atoms with Crippen LogP contribution < -0.4 is 14.5 Å². The number of nitriles is 1. The Morgan fingerprint density at radius 1 is 1.14 bits per heavy atom. The smallest absolute Gasteiger partial charge is 0.245 e. The molecule has 1 aromatic carbocycles. The van der Waals surface area contributed by atoms with Gasteiger partial charge in [-0.25, -0.2) is 4.90 Å². The number of hydrogen-bond donors (Lipinski definition) is 0. The Bertz CT molecular complexity index is 683. The fourth-order valence-corrected chi connectivity index (χ4v) is 1.87. The summed E-state index contributed by atoms with van der Waals surface area (Å²) in [6.45, 7) is 0.327. The standard InChI is InChI=1S/C14H15ClN6O/c1-20(2)13-17-12(15)18-14(19-13)21(9-16)8-10-4-6-11(22-3)7-5-10/h4-7H,8H2,1-3H3. The molecule has 0 aliphatic rings. The van der Waals surface area contributed by atoms with E-state index in [0.717, 1.165) is 11.3 Å². The van der Waals surface area contributed by atoms with E-state index < -0.39 is 0 Å². The minimum Gasteiger partial charge on any atom is -0.497 e. The second kappa shape index (κ2) is 6.91. The van der Waals surface area contributed by atoms with Crippen LogP contribution in [-0.2, 0) is 6.54 Å². The topological polar surface area (TPSA) is 78.2 Å². The Morgan fingerprint density at radius 2 is 1.77 bits per heavy atom. The fraction of sp³-hybridized carbons (Fsp3) is 0.286. The van der Waals surface area contributed by atoms with Crippen LogP contribution in [0.5, 0.6) is 5.75 Å². The summed E-state index contributed by atoms with van der Waals surface area (Å²) in [6.07, 6.45) is 2.06. The molecule has 1 aromatic heterocycles. The summed E-state index contributed by atoms with van der Waals surface area (Å²) in [6, 6.07) is 7.41. The van der Waals surface area contributed by atoms with Gasteiger partial charge in [0, 0.05) is 14.1 Å². The van der Waals surface area contributed by atoms with Crippen LogP contribution in [0.4, 0.5) is 11.9 Å². The molecule has 2 rings (SSSR count). The first kappa shape index (κ1) is 15.8. The van der Waals surface area contributed by atoms with Gasteiger partial charge in [-0.05, 0) is 29.3 Å². The Labute approximate surface area is 133 Å². The molecule has 0 saturated carbocycles. The van der Waals surface area contributed by atoms with E-state index in [9.17, 15) is 5.26 Å². The summed E-state index contributed by atoms with van der Waals surface area (Å²) < 4.78 is 5.11. The van der Waals surface area contributed by atoms with E-state index in [-0.39, 0.29) is 11.2 Å². The summed E-state index contributed by atoms with van der Waals surface area (Å²) in [5, 5.41) is 9.40. The monoisotopic (exact) mass is 318 g/mol. The number of rotatable bonds is 5. The van der Waals surface area contributed by atoms with Crippen LogP contribution in [0.1, 0.15) is 5.56 Å². The van der Waals surface area contributed by atoms with Crippen LogP contribution in [0.25, 0.3) is 0 Å². The van der Waals surface area contributed by atoms with Crippen molar-refractivity contribution in [2.75, 3.05) is 31.0 Å². The number of methoxy groups -OCH3 is 1. The van der Waals surface area contributed by atoms with Crippen molar-refractivity contribution in [1.82, 2.24) is 15.0 Å². The number of anilines is 2. The Morgan fingerprint density at radius 3 is 2.32 bits per heavy atom. The summed E-state index contributed by atoms with van der Waals surface area (Å²) in [4.78, 5) is 15.3. The Hall–Kier alpha value is -2.59. The molecule has 0 atom stereocenters. The molecule has 0 N–H and O–H groups in total. The molecule has 0 unspecified atom stereocenters. The van der Waals surface area contributed by atoms with Crippen LogP contribution in [0.2, 0.25) is 5.28 Å². The molecule has 0 fully saturated rings. The summed E-state index contributed by atoms with van der Waals surface area (Å²) in [5.74, 6) is 1.36. The molecule has 0 aliphatic heterocycles. The molecule has 0 amide bonds. The van der Waals surface area contributed by atoms with Crippen LogP contribution in [-0.4, -0.2) is 36.2 Å². The van der Waals surface area contributed by atoms with Crippen molar-refractivity contribution >= 4 is 23.5 Å². The highest BCUT2D eigenvalue weighted by Gasteiger charge is 2.14. The van der Waals surface area contributed by atoms with Crippen molar-refractivity contribution in [2.45, 2.75) is 6.54 Å². The van der Waals surface area contributed by atoms with Gasteiger partial charge in [0.25, 0.3) is 0 Å². The van der Waals surface area contributed by atoms with Gasteiger partial charge in [0.1, 0.15) is 5.75 Å². The summed E-state index contributed by atoms with van der Waals surface area (Å²) >= 11 is 5.90. The average molecular weight is 319 g/mol.